The average molecular weight is 307 g/mol. The van der Waals surface area contributed by atoms with Gasteiger partial charge in [0, 0.05) is 25.0 Å². The van der Waals surface area contributed by atoms with E-state index in [1.807, 2.05) is 0 Å². The predicted octanol–water partition coefficient (Wildman–Crippen LogP) is 1.50. The van der Waals surface area contributed by atoms with Crippen LogP contribution in [0.2, 0.25) is 0 Å². The van der Waals surface area contributed by atoms with Crippen LogP contribution in [0.3, 0.4) is 0 Å². The molecule has 1 saturated carbocycles. The van der Waals surface area contributed by atoms with Gasteiger partial charge in [0.25, 0.3) is 0 Å². The first-order valence-electron chi connectivity index (χ1n) is 7.68. The predicted molar refractivity (Wildman–Crippen MR) is 73.5 cm³/mol. The first-order valence-corrected chi connectivity index (χ1v) is 7.68. The Bertz CT molecular complexity index is 354. The number of amides is 1. The number of alkyl halides is 3. The van der Waals surface area contributed by atoms with E-state index in [9.17, 15) is 18.0 Å². The maximum Gasteiger partial charge on any atom is 0.401 e. The molecule has 2 rings (SSSR count). The molecule has 1 amide bonds. The standard InChI is InChI=1S/C14H24F3N3O/c15-14(16,17)9-20-6-4-11(5-7-20)19-13(21)12-3-1-2-10(12)8-18/h10-12H,1-9,18H2,(H,19,21)/t10-,12-/m1/s1. The zero-order valence-corrected chi connectivity index (χ0v) is 12.2. The normalized spacial score (nSPS) is 28.8. The van der Waals surface area contributed by atoms with Gasteiger partial charge in [-0.15, -0.1) is 0 Å². The van der Waals surface area contributed by atoms with Gasteiger partial charge < -0.3 is 11.1 Å². The Balaban J connectivity index is 1.74. The second-order valence-electron chi connectivity index (χ2n) is 6.21. The van der Waals surface area contributed by atoms with Gasteiger partial charge in [-0.3, -0.25) is 9.69 Å². The van der Waals surface area contributed by atoms with Crippen molar-refractivity contribution in [3.05, 3.63) is 0 Å². The summed E-state index contributed by atoms with van der Waals surface area (Å²) in [7, 11) is 0. The molecule has 0 aromatic heterocycles. The smallest absolute Gasteiger partial charge is 0.353 e. The van der Waals surface area contributed by atoms with Crippen molar-refractivity contribution in [1.29, 1.82) is 0 Å². The summed E-state index contributed by atoms with van der Waals surface area (Å²) in [6.07, 6.45) is -0.0683. The molecule has 0 aromatic rings. The number of hydrogen-bond acceptors (Lipinski definition) is 3. The number of nitrogens with zero attached hydrogens (tertiary/aromatic N) is 1. The Morgan fingerprint density at radius 3 is 2.43 bits per heavy atom. The highest BCUT2D eigenvalue weighted by Crippen LogP contribution is 2.31. The van der Waals surface area contributed by atoms with Crippen molar-refractivity contribution in [2.75, 3.05) is 26.2 Å². The molecule has 0 spiro atoms. The molecular formula is C14H24F3N3O. The maximum atomic E-state index is 12.3. The van der Waals surface area contributed by atoms with Crippen molar-refractivity contribution < 1.29 is 18.0 Å². The summed E-state index contributed by atoms with van der Waals surface area (Å²) in [4.78, 5) is 13.6. The third-order valence-electron chi connectivity index (χ3n) is 4.64. The highest BCUT2D eigenvalue weighted by Gasteiger charge is 2.35. The summed E-state index contributed by atoms with van der Waals surface area (Å²) in [5.74, 6) is 0.288. The van der Waals surface area contributed by atoms with Crippen LogP contribution in [0, 0.1) is 11.8 Å². The van der Waals surface area contributed by atoms with Crippen LogP contribution in [0.25, 0.3) is 0 Å². The Morgan fingerprint density at radius 1 is 1.19 bits per heavy atom. The first kappa shape index (κ1) is 16.5. The molecule has 2 fully saturated rings. The molecule has 4 nitrogen and oxygen atoms in total. The van der Waals surface area contributed by atoms with Gasteiger partial charge in [-0.1, -0.05) is 6.42 Å². The number of rotatable bonds is 4. The summed E-state index contributed by atoms with van der Waals surface area (Å²) in [5, 5.41) is 3.01. The molecule has 0 bridgehead atoms. The lowest BCUT2D eigenvalue weighted by Crippen LogP contribution is -2.48. The van der Waals surface area contributed by atoms with Crippen molar-refractivity contribution in [3.63, 3.8) is 0 Å². The molecular weight excluding hydrogens is 283 g/mol. The van der Waals surface area contributed by atoms with Crippen LogP contribution >= 0.6 is 0 Å². The third-order valence-corrected chi connectivity index (χ3v) is 4.64. The second kappa shape index (κ2) is 6.96. The fraction of sp³-hybridized carbons (Fsp3) is 0.929. The summed E-state index contributed by atoms with van der Waals surface area (Å²) >= 11 is 0. The molecule has 2 atom stereocenters. The molecule has 0 radical (unpaired) electrons. The van der Waals surface area contributed by atoms with Crippen LogP contribution in [-0.2, 0) is 4.79 Å². The van der Waals surface area contributed by atoms with Crippen molar-refractivity contribution in [2.45, 2.75) is 44.3 Å². The van der Waals surface area contributed by atoms with Crippen LogP contribution in [0.15, 0.2) is 0 Å². The monoisotopic (exact) mass is 307 g/mol. The number of carbonyl (C=O) groups excluding carboxylic acids is 1. The molecule has 0 unspecified atom stereocenters. The van der Waals surface area contributed by atoms with Crippen molar-refractivity contribution >= 4 is 5.91 Å². The maximum absolute atomic E-state index is 12.3. The zero-order chi connectivity index (χ0) is 15.5. The van der Waals surface area contributed by atoms with Gasteiger partial charge in [0.05, 0.1) is 6.54 Å². The van der Waals surface area contributed by atoms with E-state index in [0.29, 0.717) is 32.5 Å². The minimum absolute atomic E-state index is 0.000933. The lowest BCUT2D eigenvalue weighted by Gasteiger charge is -2.33. The summed E-state index contributed by atoms with van der Waals surface area (Å²) in [6.45, 7) is 0.443. The highest BCUT2D eigenvalue weighted by molar-refractivity contribution is 5.79. The topological polar surface area (TPSA) is 58.4 Å². The van der Waals surface area contributed by atoms with Crippen molar-refractivity contribution in [3.8, 4) is 0 Å². The Morgan fingerprint density at radius 2 is 1.86 bits per heavy atom. The molecule has 0 aromatic carbocycles. The van der Waals surface area contributed by atoms with E-state index in [2.05, 4.69) is 5.32 Å². The number of nitrogens with two attached hydrogens (primary N) is 1. The number of carbonyl (C=O) groups is 1. The Kier molecular flexibility index (Phi) is 5.48. The van der Waals surface area contributed by atoms with Crippen molar-refractivity contribution in [2.24, 2.45) is 17.6 Å². The Hall–Kier alpha value is -0.820. The van der Waals surface area contributed by atoms with Crippen molar-refractivity contribution in [1.82, 2.24) is 10.2 Å². The van der Waals surface area contributed by atoms with Gasteiger partial charge in [0.2, 0.25) is 5.91 Å². The molecule has 1 aliphatic carbocycles. The molecule has 1 heterocycles. The van der Waals surface area contributed by atoms with Crippen LogP contribution < -0.4 is 11.1 Å². The van der Waals surface area contributed by atoms with E-state index in [-0.39, 0.29) is 23.8 Å². The number of piperidine rings is 1. The first-order chi connectivity index (χ1) is 9.89. The van der Waals surface area contributed by atoms with Gasteiger partial charge in [0.15, 0.2) is 0 Å². The Labute approximate surface area is 123 Å². The van der Waals surface area contributed by atoms with Gasteiger partial charge in [-0.25, -0.2) is 0 Å². The van der Waals surface area contributed by atoms with E-state index in [1.54, 1.807) is 0 Å². The van der Waals surface area contributed by atoms with E-state index in [0.717, 1.165) is 19.3 Å². The molecule has 1 saturated heterocycles. The lowest BCUT2D eigenvalue weighted by atomic mass is 9.94. The summed E-state index contributed by atoms with van der Waals surface area (Å²) in [6, 6.07) is 0.000933. The number of likely N-dealkylation sites (tertiary alicyclic amines) is 1. The zero-order valence-electron chi connectivity index (χ0n) is 12.2. The van der Waals surface area contributed by atoms with Crippen LogP contribution in [0.1, 0.15) is 32.1 Å². The molecule has 3 N–H and O–H groups in total. The van der Waals surface area contributed by atoms with Gasteiger partial charge in [-0.2, -0.15) is 13.2 Å². The highest BCUT2D eigenvalue weighted by atomic mass is 19.4. The van der Waals surface area contributed by atoms with Gasteiger partial charge in [-0.05, 0) is 38.1 Å². The fourth-order valence-corrected chi connectivity index (χ4v) is 3.46. The quantitative estimate of drug-likeness (QED) is 0.827. The van der Waals surface area contributed by atoms with E-state index in [4.69, 9.17) is 5.73 Å². The molecule has 1 aliphatic heterocycles. The minimum atomic E-state index is -4.14. The van der Waals surface area contributed by atoms with Crippen LogP contribution in [0.4, 0.5) is 13.2 Å². The number of hydrogen-bond donors (Lipinski definition) is 2. The minimum Gasteiger partial charge on any atom is -0.353 e. The largest absolute Gasteiger partial charge is 0.401 e. The van der Waals surface area contributed by atoms with Gasteiger partial charge in [0.1, 0.15) is 0 Å². The SMILES string of the molecule is NC[C@H]1CCC[C@H]1C(=O)NC1CCN(CC(F)(F)F)CC1. The molecule has 21 heavy (non-hydrogen) atoms. The van der Waals surface area contributed by atoms with Crippen LogP contribution in [-0.4, -0.2) is 49.2 Å². The number of nitrogens with one attached hydrogen (secondary N) is 1. The average Bonchev–Trinajstić information content (AvgIpc) is 2.87. The third kappa shape index (κ3) is 4.85. The molecule has 2 aliphatic rings. The summed E-state index contributed by atoms with van der Waals surface area (Å²) in [5.41, 5.74) is 5.68. The molecule has 7 heteroatoms. The fourth-order valence-electron chi connectivity index (χ4n) is 3.46. The van der Waals surface area contributed by atoms with E-state index in [1.165, 1.54) is 4.90 Å². The molecule has 122 valence electrons. The van der Waals surface area contributed by atoms with E-state index >= 15 is 0 Å². The van der Waals surface area contributed by atoms with Gasteiger partial charge >= 0.3 is 6.18 Å². The lowest BCUT2D eigenvalue weighted by molar-refractivity contribution is -0.148. The summed E-state index contributed by atoms with van der Waals surface area (Å²) < 4.78 is 36.9. The van der Waals surface area contributed by atoms with E-state index < -0.39 is 12.7 Å². The number of halogens is 3. The van der Waals surface area contributed by atoms with Crippen LogP contribution in [0.5, 0.6) is 0 Å². The second-order valence-corrected chi connectivity index (χ2v) is 6.21.